The Morgan fingerprint density at radius 1 is 1.73 bits per heavy atom. The van der Waals surface area contributed by atoms with E-state index in [0.717, 1.165) is 0 Å². The Bertz CT molecular complexity index is 380. The summed E-state index contributed by atoms with van der Waals surface area (Å²) >= 11 is 0. The van der Waals surface area contributed by atoms with Crippen LogP contribution in [0.3, 0.4) is 0 Å². The summed E-state index contributed by atoms with van der Waals surface area (Å²) < 4.78 is 0. The first kappa shape index (κ1) is 10.9. The summed E-state index contributed by atoms with van der Waals surface area (Å²) in [5.74, 6) is -0.112. The van der Waals surface area contributed by atoms with Crippen molar-refractivity contribution < 1.29 is 9.92 Å². The SMILES string of the molecule is N=C(N)c1cccnc1CCO[N+](=O)[O-]. The highest BCUT2D eigenvalue weighted by Gasteiger charge is 2.06. The molecule has 0 fully saturated rings. The highest BCUT2D eigenvalue weighted by atomic mass is 16.9. The molecule has 1 aromatic rings. The van der Waals surface area contributed by atoms with Gasteiger partial charge >= 0.3 is 0 Å². The summed E-state index contributed by atoms with van der Waals surface area (Å²) in [5, 5.41) is 16.3. The summed E-state index contributed by atoms with van der Waals surface area (Å²) in [6.45, 7) is -0.0930. The fourth-order valence-electron chi connectivity index (χ4n) is 1.10. The molecule has 15 heavy (non-hydrogen) atoms. The van der Waals surface area contributed by atoms with E-state index < -0.39 is 5.09 Å². The number of rotatable bonds is 5. The van der Waals surface area contributed by atoms with Gasteiger partial charge in [0.2, 0.25) is 0 Å². The smallest absolute Gasteiger partial charge is 0.294 e. The molecule has 0 aliphatic heterocycles. The number of hydrogen-bond acceptors (Lipinski definition) is 5. The van der Waals surface area contributed by atoms with Gasteiger partial charge in [0.25, 0.3) is 5.09 Å². The Balaban J connectivity index is 2.67. The number of nitrogens with two attached hydrogens (primary N) is 1. The van der Waals surface area contributed by atoms with Gasteiger partial charge < -0.3 is 10.6 Å². The molecule has 80 valence electrons. The number of nitrogens with zero attached hydrogens (tertiary/aromatic N) is 2. The van der Waals surface area contributed by atoms with Crippen LogP contribution in [0.4, 0.5) is 0 Å². The Kier molecular flexibility index (Phi) is 3.55. The summed E-state index contributed by atoms with van der Waals surface area (Å²) in [6.07, 6.45) is 1.78. The Labute approximate surface area is 85.5 Å². The highest BCUT2D eigenvalue weighted by Crippen LogP contribution is 2.05. The molecule has 1 aromatic heterocycles. The Morgan fingerprint density at radius 3 is 3.07 bits per heavy atom. The van der Waals surface area contributed by atoms with Crippen molar-refractivity contribution >= 4 is 5.84 Å². The van der Waals surface area contributed by atoms with Gasteiger partial charge in [-0.15, -0.1) is 10.1 Å². The predicted molar refractivity (Wildman–Crippen MR) is 51.9 cm³/mol. The molecule has 0 spiro atoms. The minimum atomic E-state index is -0.865. The van der Waals surface area contributed by atoms with E-state index in [9.17, 15) is 10.1 Å². The molecule has 3 N–H and O–H groups in total. The first-order valence-electron chi connectivity index (χ1n) is 4.17. The van der Waals surface area contributed by atoms with Crippen LogP contribution in [-0.2, 0) is 11.3 Å². The van der Waals surface area contributed by atoms with E-state index >= 15 is 0 Å². The van der Waals surface area contributed by atoms with Crippen molar-refractivity contribution in [2.75, 3.05) is 6.61 Å². The molecule has 7 heteroatoms. The van der Waals surface area contributed by atoms with Crippen LogP contribution in [0.15, 0.2) is 18.3 Å². The van der Waals surface area contributed by atoms with Crippen LogP contribution in [0, 0.1) is 15.5 Å². The third-order valence-electron chi connectivity index (χ3n) is 1.72. The maximum atomic E-state index is 9.90. The summed E-state index contributed by atoms with van der Waals surface area (Å²) in [7, 11) is 0. The maximum absolute atomic E-state index is 9.90. The second kappa shape index (κ2) is 4.89. The lowest BCUT2D eigenvalue weighted by Crippen LogP contribution is -2.16. The van der Waals surface area contributed by atoms with Crippen LogP contribution < -0.4 is 5.73 Å². The van der Waals surface area contributed by atoms with Gasteiger partial charge in [0.1, 0.15) is 12.4 Å². The fraction of sp³-hybridized carbons (Fsp3) is 0.250. The van der Waals surface area contributed by atoms with Gasteiger partial charge in [-0.05, 0) is 12.1 Å². The zero-order chi connectivity index (χ0) is 11.3. The molecular weight excluding hydrogens is 200 g/mol. The van der Waals surface area contributed by atoms with Crippen LogP contribution >= 0.6 is 0 Å². The molecule has 0 bridgehead atoms. The monoisotopic (exact) mass is 210 g/mol. The average molecular weight is 210 g/mol. The molecule has 7 nitrogen and oxygen atoms in total. The average Bonchev–Trinajstić information content (AvgIpc) is 2.17. The van der Waals surface area contributed by atoms with Crippen LogP contribution in [0.5, 0.6) is 0 Å². The zero-order valence-electron chi connectivity index (χ0n) is 7.84. The van der Waals surface area contributed by atoms with Gasteiger partial charge in [0.15, 0.2) is 0 Å². The number of amidine groups is 1. The van der Waals surface area contributed by atoms with E-state index in [0.29, 0.717) is 11.3 Å². The molecule has 1 rings (SSSR count). The lowest BCUT2D eigenvalue weighted by molar-refractivity contribution is -0.757. The van der Waals surface area contributed by atoms with Gasteiger partial charge in [-0.3, -0.25) is 10.4 Å². The van der Waals surface area contributed by atoms with Gasteiger partial charge in [-0.25, -0.2) is 0 Å². The molecule has 0 saturated carbocycles. The van der Waals surface area contributed by atoms with Crippen LogP contribution in [0.25, 0.3) is 0 Å². The molecule has 0 aromatic carbocycles. The third-order valence-corrected chi connectivity index (χ3v) is 1.72. The van der Waals surface area contributed by atoms with Gasteiger partial charge in [0.05, 0.1) is 5.69 Å². The van der Waals surface area contributed by atoms with Gasteiger partial charge in [-0.2, -0.15) is 0 Å². The summed E-state index contributed by atoms with van der Waals surface area (Å²) in [4.78, 5) is 18.0. The van der Waals surface area contributed by atoms with E-state index in [1.54, 1.807) is 12.1 Å². The van der Waals surface area contributed by atoms with Crippen LogP contribution in [0.2, 0.25) is 0 Å². The third kappa shape index (κ3) is 3.22. The minimum Gasteiger partial charge on any atom is -0.384 e. The lowest BCUT2D eigenvalue weighted by atomic mass is 10.1. The van der Waals surface area contributed by atoms with Crippen molar-refractivity contribution in [3.05, 3.63) is 39.7 Å². The molecule has 0 amide bonds. The zero-order valence-corrected chi connectivity index (χ0v) is 7.84. The van der Waals surface area contributed by atoms with Crippen molar-refractivity contribution in [1.29, 1.82) is 5.41 Å². The largest absolute Gasteiger partial charge is 0.384 e. The molecule has 1 heterocycles. The minimum absolute atomic E-state index is 0.0930. The Hall–Kier alpha value is -2.18. The molecule has 0 saturated heterocycles. The second-order valence-corrected chi connectivity index (χ2v) is 2.72. The summed E-state index contributed by atoms with van der Waals surface area (Å²) in [6, 6.07) is 3.28. The first-order valence-corrected chi connectivity index (χ1v) is 4.17. The van der Waals surface area contributed by atoms with Crippen molar-refractivity contribution in [2.24, 2.45) is 5.73 Å². The van der Waals surface area contributed by atoms with Crippen molar-refractivity contribution in [1.82, 2.24) is 4.98 Å². The molecule has 0 aliphatic carbocycles. The number of aromatic nitrogens is 1. The fourth-order valence-corrected chi connectivity index (χ4v) is 1.10. The highest BCUT2D eigenvalue weighted by molar-refractivity contribution is 5.95. The van der Waals surface area contributed by atoms with Crippen LogP contribution in [-0.4, -0.2) is 22.5 Å². The Morgan fingerprint density at radius 2 is 2.47 bits per heavy atom. The quantitative estimate of drug-likeness (QED) is 0.310. The van der Waals surface area contributed by atoms with Crippen molar-refractivity contribution in [3.8, 4) is 0 Å². The van der Waals surface area contributed by atoms with E-state index in [1.807, 2.05) is 0 Å². The lowest BCUT2D eigenvalue weighted by Gasteiger charge is -2.05. The molecule has 0 unspecified atom stereocenters. The van der Waals surface area contributed by atoms with E-state index in [4.69, 9.17) is 11.1 Å². The van der Waals surface area contributed by atoms with E-state index in [1.165, 1.54) is 6.20 Å². The molecule has 0 atom stereocenters. The van der Waals surface area contributed by atoms with Crippen molar-refractivity contribution in [3.63, 3.8) is 0 Å². The first-order chi connectivity index (χ1) is 7.11. The van der Waals surface area contributed by atoms with E-state index in [-0.39, 0.29) is 18.9 Å². The molecular formula is C8H10N4O3. The number of nitrogen functional groups attached to an aromatic ring is 1. The number of nitrogens with one attached hydrogen (secondary N) is 1. The summed E-state index contributed by atoms with van der Waals surface area (Å²) in [5.41, 5.74) is 6.31. The predicted octanol–water partition coefficient (Wildman–Crippen LogP) is 0.116. The molecule has 0 radical (unpaired) electrons. The number of pyridine rings is 1. The number of hydrogen-bond donors (Lipinski definition) is 2. The molecule has 0 aliphatic rings. The van der Waals surface area contributed by atoms with Crippen LogP contribution in [0.1, 0.15) is 11.3 Å². The van der Waals surface area contributed by atoms with Crippen molar-refractivity contribution in [2.45, 2.75) is 6.42 Å². The standard InChI is InChI=1S/C8H10N4O3/c9-8(10)6-2-1-4-11-7(6)3-5-15-12(13)14/h1-2,4H,3,5H2,(H3,9,10). The van der Waals surface area contributed by atoms with Gasteiger partial charge in [0, 0.05) is 18.2 Å². The normalized spacial score (nSPS) is 9.60. The topological polar surface area (TPSA) is 115 Å². The maximum Gasteiger partial charge on any atom is 0.294 e. The van der Waals surface area contributed by atoms with Gasteiger partial charge in [-0.1, -0.05) is 0 Å². The second-order valence-electron chi connectivity index (χ2n) is 2.72. The van der Waals surface area contributed by atoms with E-state index in [2.05, 4.69) is 9.82 Å².